The second kappa shape index (κ2) is 6.74. The summed E-state index contributed by atoms with van der Waals surface area (Å²) in [5.41, 5.74) is 2.54. The summed E-state index contributed by atoms with van der Waals surface area (Å²) in [5, 5.41) is 3.11. The molecule has 1 aromatic heterocycles. The van der Waals surface area contributed by atoms with Crippen LogP contribution in [0.4, 0.5) is 10.5 Å². The molecule has 2 aliphatic rings. The van der Waals surface area contributed by atoms with Gasteiger partial charge in [-0.2, -0.15) is 0 Å². The van der Waals surface area contributed by atoms with E-state index in [0.29, 0.717) is 12.1 Å². The smallest absolute Gasteiger partial charge is 0.339 e. The molecule has 2 atom stereocenters. The van der Waals surface area contributed by atoms with Crippen molar-refractivity contribution in [3.8, 4) is 0 Å². The highest BCUT2D eigenvalue weighted by Gasteiger charge is 2.42. The minimum absolute atomic E-state index is 0.0525. The zero-order chi connectivity index (χ0) is 19.1. The standard InChI is InChI=1S/C19H18ClN3O4/c1-27-18(25)13-8-11(2-4-15(13)20)22-19(26)23-12-3-5-16(23)14-9-21-17(24)7-10(14)6-12/h2,4,7-9,12,16H,3,5-6H2,1H3,(H,21,24)(H,22,26)/t12-,16+/m0/s1. The number of benzene rings is 1. The monoisotopic (exact) mass is 387 g/mol. The zero-order valence-corrected chi connectivity index (χ0v) is 15.4. The Balaban J connectivity index is 1.59. The number of carbonyl (C=O) groups excluding carboxylic acids is 2. The Morgan fingerprint density at radius 3 is 2.89 bits per heavy atom. The van der Waals surface area contributed by atoms with Crippen molar-refractivity contribution in [2.45, 2.75) is 31.3 Å². The van der Waals surface area contributed by atoms with E-state index < -0.39 is 5.97 Å². The van der Waals surface area contributed by atoms with Crippen LogP contribution in [-0.2, 0) is 11.2 Å². The van der Waals surface area contributed by atoms with E-state index in [4.69, 9.17) is 16.3 Å². The van der Waals surface area contributed by atoms with E-state index in [1.807, 2.05) is 4.90 Å². The van der Waals surface area contributed by atoms with Crippen LogP contribution < -0.4 is 10.9 Å². The predicted octanol–water partition coefficient (Wildman–Crippen LogP) is 3.11. The molecule has 2 aliphatic heterocycles. The lowest BCUT2D eigenvalue weighted by atomic mass is 9.95. The molecule has 0 saturated carbocycles. The van der Waals surface area contributed by atoms with Gasteiger partial charge in [0, 0.05) is 24.0 Å². The lowest BCUT2D eigenvalue weighted by Gasteiger charge is -2.36. The number of H-pyrrole nitrogens is 1. The van der Waals surface area contributed by atoms with Crippen molar-refractivity contribution < 1.29 is 14.3 Å². The Labute approximate surface area is 160 Å². The molecule has 0 radical (unpaired) electrons. The van der Waals surface area contributed by atoms with Crippen molar-refractivity contribution >= 4 is 29.3 Å². The molecule has 27 heavy (non-hydrogen) atoms. The molecule has 140 valence electrons. The molecule has 2 aromatic rings. The fourth-order valence-electron chi connectivity index (χ4n) is 4.02. The van der Waals surface area contributed by atoms with E-state index in [1.54, 1.807) is 24.4 Å². The number of halogens is 1. The molecule has 7 nitrogen and oxygen atoms in total. The van der Waals surface area contributed by atoms with Crippen LogP contribution in [0.25, 0.3) is 0 Å². The van der Waals surface area contributed by atoms with Gasteiger partial charge in [0.1, 0.15) is 0 Å². The van der Waals surface area contributed by atoms with Crippen molar-refractivity contribution in [1.82, 2.24) is 9.88 Å². The average molecular weight is 388 g/mol. The molecular formula is C19H18ClN3O4. The number of anilines is 1. The van der Waals surface area contributed by atoms with Gasteiger partial charge in [-0.3, -0.25) is 4.79 Å². The van der Waals surface area contributed by atoms with E-state index in [2.05, 4.69) is 10.3 Å². The van der Waals surface area contributed by atoms with Gasteiger partial charge < -0.3 is 19.9 Å². The maximum atomic E-state index is 12.9. The van der Waals surface area contributed by atoms with Gasteiger partial charge in [-0.05, 0) is 48.6 Å². The summed E-state index contributed by atoms with van der Waals surface area (Å²) >= 11 is 6.03. The van der Waals surface area contributed by atoms with Gasteiger partial charge in [0.2, 0.25) is 5.56 Å². The maximum absolute atomic E-state index is 12.9. The molecule has 2 amide bonds. The summed E-state index contributed by atoms with van der Waals surface area (Å²) in [6.45, 7) is 0. The maximum Gasteiger partial charge on any atom is 0.339 e. The number of esters is 1. The number of aromatic amines is 1. The third kappa shape index (κ3) is 3.08. The predicted molar refractivity (Wildman–Crippen MR) is 100 cm³/mol. The Morgan fingerprint density at radius 2 is 2.11 bits per heavy atom. The first-order valence-corrected chi connectivity index (χ1v) is 9.04. The molecule has 0 aliphatic carbocycles. The SMILES string of the molecule is COC(=O)c1cc(NC(=O)N2[C@H]3CC[C@@H]2c2c[nH]c(=O)cc2C3)ccc1Cl. The molecule has 0 spiro atoms. The minimum Gasteiger partial charge on any atom is -0.465 e. The molecule has 4 rings (SSSR count). The first-order chi connectivity index (χ1) is 13.0. The van der Waals surface area contributed by atoms with E-state index >= 15 is 0 Å². The van der Waals surface area contributed by atoms with Crippen LogP contribution in [0.3, 0.4) is 0 Å². The molecule has 2 N–H and O–H groups in total. The van der Waals surface area contributed by atoms with Crippen molar-refractivity contribution in [2.75, 3.05) is 12.4 Å². The Bertz CT molecular complexity index is 987. The quantitative estimate of drug-likeness (QED) is 0.774. The number of pyridine rings is 1. The van der Waals surface area contributed by atoms with Gasteiger partial charge in [0.15, 0.2) is 0 Å². The van der Waals surface area contributed by atoms with Crippen LogP contribution >= 0.6 is 11.6 Å². The zero-order valence-electron chi connectivity index (χ0n) is 14.6. The minimum atomic E-state index is -0.563. The second-order valence-electron chi connectivity index (χ2n) is 6.75. The van der Waals surface area contributed by atoms with Crippen LogP contribution in [0.15, 0.2) is 35.3 Å². The molecule has 1 aromatic carbocycles. The largest absolute Gasteiger partial charge is 0.465 e. The molecule has 1 saturated heterocycles. The number of nitrogens with zero attached hydrogens (tertiary/aromatic N) is 1. The number of rotatable bonds is 2. The van der Waals surface area contributed by atoms with Crippen molar-refractivity contribution in [3.05, 3.63) is 62.5 Å². The number of hydrogen-bond donors (Lipinski definition) is 2. The molecule has 8 heteroatoms. The number of fused-ring (bicyclic) bond motifs is 4. The summed E-state index contributed by atoms with van der Waals surface area (Å²) in [6, 6.07) is 6.07. The third-order valence-corrected chi connectivity index (χ3v) is 5.55. The summed E-state index contributed by atoms with van der Waals surface area (Å²) < 4.78 is 4.71. The summed E-state index contributed by atoms with van der Waals surface area (Å²) in [6.07, 6.45) is 4.11. The number of nitrogens with one attached hydrogen (secondary N) is 2. The first kappa shape index (κ1) is 17.6. The summed E-state index contributed by atoms with van der Waals surface area (Å²) in [7, 11) is 1.27. The van der Waals surface area contributed by atoms with Crippen molar-refractivity contribution in [3.63, 3.8) is 0 Å². The molecular weight excluding hydrogens is 370 g/mol. The van der Waals surface area contributed by atoms with Crippen LogP contribution in [-0.4, -0.2) is 35.0 Å². The van der Waals surface area contributed by atoms with Crippen molar-refractivity contribution in [2.24, 2.45) is 0 Å². The van der Waals surface area contributed by atoms with Gasteiger partial charge in [-0.15, -0.1) is 0 Å². The number of amides is 2. The Kier molecular flexibility index (Phi) is 4.39. The fraction of sp³-hybridized carbons (Fsp3) is 0.316. The number of carbonyl (C=O) groups is 2. The topological polar surface area (TPSA) is 91.5 Å². The third-order valence-electron chi connectivity index (χ3n) is 5.22. The average Bonchev–Trinajstić information content (AvgIpc) is 2.97. The first-order valence-electron chi connectivity index (χ1n) is 8.66. The van der Waals surface area contributed by atoms with Gasteiger partial charge in [0.25, 0.3) is 0 Å². The van der Waals surface area contributed by atoms with Crippen molar-refractivity contribution in [1.29, 1.82) is 0 Å². The van der Waals surface area contributed by atoms with E-state index in [9.17, 15) is 14.4 Å². The van der Waals surface area contributed by atoms with Crippen LogP contribution in [0.2, 0.25) is 5.02 Å². The van der Waals surface area contributed by atoms with E-state index in [-0.39, 0.29) is 34.3 Å². The fourth-order valence-corrected chi connectivity index (χ4v) is 4.21. The number of ether oxygens (including phenoxy) is 1. The van der Waals surface area contributed by atoms with Crippen LogP contribution in [0, 0.1) is 0 Å². The highest BCUT2D eigenvalue weighted by molar-refractivity contribution is 6.33. The van der Waals surface area contributed by atoms with Gasteiger partial charge in [-0.25, -0.2) is 9.59 Å². The number of aromatic nitrogens is 1. The van der Waals surface area contributed by atoms with Crippen LogP contribution in [0.5, 0.6) is 0 Å². The van der Waals surface area contributed by atoms with Crippen LogP contribution in [0.1, 0.15) is 40.4 Å². The number of hydrogen-bond acceptors (Lipinski definition) is 4. The van der Waals surface area contributed by atoms with Gasteiger partial charge >= 0.3 is 12.0 Å². The molecule has 2 bridgehead atoms. The molecule has 3 heterocycles. The summed E-state index contributed by atoms with van der Waals surface area (Å²) in [4.78, 5) is 40.8. The van der Waals surface area contributed by atoms with E-state index in [1.165, 1.54) is 13.2 Å². The highest BCUT2D eigenvalue weighted by Crippen LogP contribution is 2.43. The number of methoxy groups -OCH3 is 1. The molecule has 1 fully saturated rings. The van der Waals surface area contributed by atoms with Gasteiger partial charge in [0.05, 0.1) is 23.7 Å². The molecule has 0 unspecified atom stereocenters. The lowest BCUT2D eigenvalue weighted by molar-refractivity contribution is 0.0601. The Hall–Kier alpha value is -2.80. The highest BCUT2D eigenvalue weighted by atomic mass is 35.5. The normalized spacial score (nSPS) is 20.1. The summed E-state index contributed by atoms with van der Waals surface area (Å²) in [5.74, 6) is -0.563. The van der Waals surface area contributed by atoms with Gasteiger partial charge in [-0.1, -0.05) is 11.6 Å². The van der Waals surface area contributed by atoms with E-state index in [0.717, 1.165) is 24.0 Å². The lowest BCUT2D eigenvalue weighted by Crippen LogP contribution is -2.44. The second-order valence-corrected chi connectivity index (χ2v) is 7.16. The number of urea groups is 1. The Morgan fingerprint density at radius 1 is 1.30 bits per heavy atom.